The molecule has 0 radical (unpaired) electrons. The molecule has 2 N–H and O–H groups in total. The summed E-state index contributed by atoms with van der Waals surface area (Å²) in [5, 5.41) is 17.6. The molecular weight excluding hydrogens is 136 g/mol. The molecule has 0 aliphatic carbocycles. The van der Waals surface area contributed by atoms with Gasteiger partial charge in [0.25, 0.3) is 0 Å². The van der Waals surface area contributed by atoms with Gasteiger partial charge in [0, 0.05) is 0 Å². The maximum Gasteiger partial charge on any atom is 0.308 e. The Labute approximate surface area is 59.4 Å². The van der Waals surface area contributed by atoms with Gasteiger partial charge in [0.15, 0.2) is 0 Å². The van der Waals surface area contributed by atoms with Crippen LogP contribution in [0.15, 0.2) is 0 Å². The molecule has 10 heavy (non-hydrogen) atoms. The van der Waals surface area contributed by atoms with Crippen molar-refractivity contribution < 1.29 is 19.7 Å². The fraction of sp³-hybridized carbons (Fsp3) is 0.833. The highest BCUT2D eigenvalue weighted by Crippen LogP contribution is 2.07. The van der Waals surface area contributed by atoms with Crippen LogP contribution in [-0.2, 0) is 9.53 Å². The van der Waals surface area contributed by atoms with Gasteiger partial charge in [-0.05, 0) is 6.92 Å². The maximum atomic E-state index is 10.5. The number of rotatable bonds is 3. The van der Waals surface area contributed by atoms with E-state index in [2.05, 4.69) is 4.74 Å². The number of carbonyl (C=O) groups excluding carboxylic acids is 1. The Kier molecular flexibility index (Phi) is 3.32. The summed E-state index contributed by atoms with van der Waals surface area (Å²) in [6.07, 6.45) is -0.181. The van der Waals surface area contributed by atoms with Crippen LogP contribution in [0.25, 0.3) is 0 Å². The molecule has 0 amide bonds. The monoisotopic (exact) mass is 148 g/mol. The lowest BCUT2D eigenvalue weighted by molar-refractivity contribution is -0.147. The molecule has 0 rings (SSSR count). The second-order valence-corrected chi connectivity index (χ2v) is 2.41. The number of hydrogen-bond donors (Lipinski definition) is 2. The molecule has 1 atom stereocenters. The van der Waals surface area contributed by atoms with E-state index >= 15 is 0 Å². The first-order valence-corrected chi connectivity index (χ1v) is 2.92. The van der Waals surface area contributed by atoms with Gasteiger partial charge in [-0.2, -0.15) is 0 Å². The average molecular weight is 148 g/mol. The van der Waals surface area contributed by atoms with Crippen molar-refractivity contribution >= 4 is 5.97 Å². The average Bonchev–Trinajstić information content (AvgIpc) is 1.87. The van der Waals surface area contributed by atoms with E-state index in [9.17, 15) is 4.79 Å². The third kappa shape index (κ3) is 3.42. The van der Waals surface area contributed by atoms with Gasteiger partial charge in [-0.3, -0.25) is 4.79 Å². The number of esters is 1. The number of ether oxygens (including phenoxy) is 1. The first-order chi connectivity index (χ1) is 4.52. The van der Waals surface area contributed by atoms with Gasteiger partial charge in [0.05, 0.1) is 25.7 Å². The van der Waals surface area contributed by atoms with Crippen LogP contribution in [0.2, 0.25) is 0 Å². The highest BCUT2D eigenvalue weighted by molar-refractivity contribution is 5.70. The van der Waals surface area contributed by atoms with Crippen LogP contribution in [0, 0.1) is 0 Å². The van der Waals surface area contributed by atoms with E-state index in [-0.39, 0.29) is 6.42 Å². The van der Waals surface area contributed by atoms with Gasteiger partial charge < -0.3 is 14.9 Å². The van der Waals surface area contributed by atoms with E-state index in [1.54, 1.807) is 0 Å². The Balaban J connectivity index is 3.76. The lowest BCUT2D eigenvalue weighted by atomic mass is 10.0. The number of aliphatic hydroxyl groups excluding tert-OH is 1. The van der Waals surface area contributed by atoms with E-state index in [4.69, 9.17) is 10.2 Å². The summed E-state index contributed by atoms with van der Waals surface area (Å²) in [6.45, 7) is 0.923. The zero-order chi connectivity index (χ0) is 8.20. The summed E-state index contributed by atoms with van der Waals surface area (Å²) in [6, 6.07) is 0. The summed E-state index contributed by atoms with van der Waals surface area (Å²) in [5.74, 6) is -0.529. The van der Waals surface area contributed by atoms with E-state index in [1.165, 1.54) is 14.0 Å². The van der Waals surface area contributed by atoms with Crippen LogP contribution in [0.4, 0.5) is 0 Å². The molecule has 0 saturated carbocycles. The molecule has 0 aliphatic rings. The summed E-state index contributed by atoms with van der Waals surface area (Å²) in [5.41, 5.74) is -1.35. The van der Waals surface area contributed by atoms with Gasteiger partial charge >= 0.3 is 5.97 Å². The molecule has 0 unspecified atom stereocenters. The summed E-state index contributed by atoms with van der Waals surface area (Å²) in [4.78, 5) is 10.5. The molecule has 0 aromatic carbocycles. The molecule has 0 saturated heterocycles. The lowest BCUT2D eigenvalue weighted by Crippen LogP contribution is -2.32. The predicted molar refractivity (Wildman–Crippen MR) is 34.3 cm³/mol. The van der Waals surface area contributed by atoms with Gasteiger partial charge in [0.2, 0.25) is 0 Å². The van der Waals surface area contributed by atoms with Crippen molar-refractivity contribution in [1.29, 1.82) is 0 Å². The molecule has 0 aromatic heterocycles. The van der Waals surface area contributed by atoms with Crippen molar-refractivity contribution in [3.05, 3.63) is 0 Å². The summed E-state index contributed by atoms with van der Waals surface area (Å²) >= 11 is 0. The fourth-order valence-corrected chi connectivity index (χ4v) is 0.439. The van der Waals surface area contributed by atoms with Crippen molar-refractivity contribution in [3.63, 3.8) is 0 Å². The van der Waals surface area contributed by atoms with Crippen LogP contribution < -0.4 is 0 Å². The Morgan fingerprint density at radius 3 is 2.50 bits per heavy atom. The topological polar surface area (TPSA) is 66.8 Å². The molecule has 0 heterocycles. The van der Waals surface area contributed by atoms with Gasteiger partial charge in [0.1, 0.15) is 0 Å². The molecule has 0 spiro atoms. The highest BCUT2D eigenvalue weighted by atomic mass is 16.5. The SMILES string of the molecule is COC(=O)C[C@@](C)(O)CO. The van der Waals surface area contributed by atoms with Crippen molar-refractivity contribution in [2.24, 2.45) is 0 Å². The number of carbonyl (C=O) groups is 1. The third-order valence-corrected chi connectivity index (χ3v) is 1.09. The largest absolute Gasteiger partial charge is 0.469 e. The van der Waals surface area contributed by atoms with Crippen LogP contribution in [0.1, 0.15) is 13.3 Å². The Bertz CT molecular complexity index is 119. The molecule has 0 aliphatic heterocycles. The van der Waals surface area contributed by atoms with E-state index in [0.717, 1.165) is 0 Å². The van der Waals surface area contributed by atoms with E-state index < -0.39 is 18.2 Å². The predicted octanol–water partition coefficient (Wildman–Crippen LogP) is -0.707. The third-order valence-electron chi connectivity index (χ3n) is 1.09. The Morgan fingerprint density at radius 2 is 2.20 bits per heavy atom. The second kappa shape index (κ2) is 3.53. The Morgan fingerprint density at radius 1 is 1.70 bits per heavy atom. The smallest absolute Gasteiger partial charge is 0.308 e. The molecule has 0 fully saturated rings. The molecule has 60 valence electrons. The molecule has 0 aromatic rings. The summed E-state index contributed by atoms with van der Waals surface area (Å²) in [7, 11) is 1.23. The highest BCUT2D eigenvalue weighted by Gasteiger charge is 2.23. The lowest BCUT2D eigenvalue weighted by Gasteiger charge is -2.17. The fourth-order valence-electron chi connectivity index (χ4n) is 0.439. The van der Waals surface area contributed by atoms with Crippen LogP contribution in [0.5, 0.6) is 0 Å². The second-order valence-electron chi connectivity index (χ2n) is 2.41. The van der Waals surface area contributed by atoms with Crippen molar-refractivity contribution in [2.75, 3.05) is 13.7 Å². The van der Waals surface area contributed by atoms with Crippen LogP contribution in [0.3, 0.4) is 0 Å². The number of aliphatic hydroxyl groups is 2. The van der Waals surface area contributed by atoms with E-state index in [0.29, 0.717) is 0 Å². The minimum Gasteiger partial charge on any atom is -0.469 e. The molecule has 0 bridgehead atoms. The normalized spacial score (nSPS) is 16.0. The minimum atomic E-state index is -1.35. The van der Waals surface area contributed by atoms with Gasteiger partial charge in [-0.15, -0.1) is 0 Å². The maximum absolute atomic E-state index is 10.5. The number of hydrogen-bond acceptors (Lipinski definition) is 4. The van der Waals surface area contributed by atoms with Gasteiger partial charge in [-0.25, -0.2) is 0 Å². The van der Waals surface area contributed by atoms with Crippen LogP contribution in [-0.4, -0.2) is 35.5 Å². The molecule has 4 nitrogen and oxygen atoms in total. The summed E-state index contributed by atoms with van der Waals surface area (Å²) < 4.78 is 4.28. The first-order valence-electron chi connectivity index (χ1n) is 2.92. The quantitative estimate of drug-likeness (QED) is 0.519. The first kappa shape index (κ1) is 9.39. The minimum absolute atomic E-state index is 0.181. The zero-order valence-corrected chi connectivity index (χ0v) is 6.13. The van der Waals surface area contributed by atoms with Gasteiger partial charge in [-0.1, -0.05) is 0 Å². The van der Waals surface area contributed by atoms with Crippen molar-refractivity contribution in [1.82, 2.24) is 0 Å². The Hall–Kier alpha value is -0.610. The molecular formula is C6H12O4. The van der Waals surface area contributed by atoms with Crippen molar-refractivity contribution in [3.8, 4) is 0 Å². The standard InChI is InChI=1S/C6H12O4/c1-6(9,4-7)3-5(8)10-2/h7,9H,3-4H2,1-2H3/t6-/m1/s1. The van der Waals surface area contributed by atoms with Crippen LogP contribution >= 0.6 is 0 Å². The molecule has 4 heteroatoms. The number of methoxy groups -OCH3 is 1. The zero-order valence-electron chi connectivity index (χ0n) is 6.13. The van der Waals surface area contributed by atoms with E-state index in [1.807, 2.05) is 0 Å². The van der Waals surface area contributed by atoms with Crippen molar-refractivity contribution in [2.45, 2.75) is 18.9 Å².